The van der Waals surface area contributed by atoms with E-state index in [4.69, 9.17) is 0 Å². The Morgan fingerprint density at radius 1 is 1.19 bits per heavy atom. The predicted octanol–water partition coefficient (Wildman–Crippen LogP) is 6.11. The molecule has 0 saturated carbocycles. The van der Waals surface area contributed by atoms with Crippen LogP contribution < -0.4 is 10.2 Å². The Bertz CT molecular complexity index is 1090. The minimum Gasteiger partial charge on any atom is -0.370 e. The molecule has 1 N–H and O–H groups in total. The lowest BCUT2D eigenvalue weighted by atomic mass is 9.96. The van der Waals surface area contributed by atoms with Gasteiger partial charge in [0.05, 0.1) is 21.9 Å². The van der Waals surface area contributed by atoms with E-state index in [0.717, 1.165) is 68.1 Å². The molecule has 1 unspecified atom stereocenters. The van der Waals surface area contributed by atoms with E-state index in [2.05, 4.69) is 10.3 Å². The molecule has 0 bridgehead atoms. The maximum Gasteiger partial charge on any atom is 0.416 e. The number of hydrogen-bond donors (Lipinski definition) is 1. The van der Waals surface area contributed by atoms with E-state index in [9.17, 15) is 22.8 Å². The minimum absolute atomic E-state index is 0.0143. The number of carbonyl (C=O) groups is 2. The van der Waals surface area contributed by atoms with Crippen LogP contribution in [0, 0.1) is 5.92 Å². The van der Waals surface area contributed by atoms with Crippen LogP contribution in [0.2, 0.25) is 0 Å². The SMILES string of the molecule is CSCCC(C)C(=O)N1CCC(c2nc(C(=O)Nc3cc(C(F)(F)F)ccc3N3CCCC3)cs2)CC1. The van der Waals surface area contributed by atoms with Gasteiger partial charge in [0.15, 0.2) is 0 Å². The van der Waals surface area contributed by atoms with Crippen molar-refractivity contribution in [3.63, 3.8) is 0 Å². The number of piperidine rings is 1. The van der Waals surface area contributed by atoms with Gasteiger partial charge in [-0.1, -0.05) is 6.92 Å². The number of hydrogen-bond acceptors (Lipinski definition) is 6. The van der Waals surface area contributed by atoms with Crippen molar-refractivity contribution in [3.8, 4) is 0 Å². The van der Waals surface area contributed by atoms with E-state index in [1.54, 1.807) is 17.1 Å². The summed E-state index contributed by atoms with van der Waals surface area (Å²) in [5.41, 5.74) is 0.152. The topological polar surface area (TPSA) is 65.5 Å². The van der Waals surface area contributed by atoms with E-state index in [1.165, 1.54) is 17.4 Å². The molecule has 0 aliphatic carbocycles. The highest BCUT2D eigenvalue weighted by molar-refractivity contribution is 7.98. The predicted molar refractivity (Wildman–Crippen MR) is 144 cm³/mol. The van der Waals surface area contributed by atoms with Gasteiger partial charge in [0.25, 0.3) is 5.91 Å². The molecule has 2 amide bonds. The molecule has 37 heavy (non-hydrogen) atoms. The third kappa shape index (κ3) is 6.79. The lowest BCUT2D eigenvalue weighted by Gasteiger charge is -2.33. The van der Waals surface area contributed by atoms with Crippen LogP contribution in [0.3, 0.4) is 0 Å². The lowest BCUT2D eigenvalue weighted by Crippen LogP contribution is -2.40. The van der Waals surface area contributed by atoms with Gasteiger partial charge in [0.2, 0.25) is 5.91 Å². The van der Waals surface area contributed by atoms with Crippen LogP contribution in [0.25, 0.3) is 0 Å². The van der Waals surface area contributed by atoms with Crippen molar-refractivity contribution >= 4 is 46.3 Å². The van der Waals surface area contributed by atoms with Gasteiger partial charge >= 0.3 is 6.18 Å². The number of nitrogens with one attached hydrogen (secondary N) is 1. The van der Waals surface area contributed by atoms with Gasteiger partial charge in [0, 0.05) is 43.4 Å². The Morgan fingerprint density at radius 3 is 2.54 bits per heavy atom. The Kier molecular flexibility index (Phi) is 9.05. The molecule has 2 aliphatic rings. The highest BCUT2D eigenvalue weighted by Crippen LogP contribution is 2.37. The number of nitrogens with zero attached hydrogens (tertiary/aromatic N) is 3. The van der Waals surface area contributed by atoms with Gasteiger partial charge in [-0.3, -0.25) is 9.59 Å². The maximum absolute atomic E-state index is 13.4. The number of alkyl halides is 3. The molecule has 11 heteroatoms. The molecular weight excluding hydrogens is 521 g/mol. The lowest BCUT2D eigenvalue weighted by molar-refractivity contribution is -0.137. The fourth-order valence-corrected chi connectivity index (χ4v) is 6.45. The van der Waals surface area contributed by atoms with Crippen molar-refractivity contribution in [2.24, 2.45) is 5.92 Å². The summed E-state index contributed by atoms with van der Waals surface area (Å²) in [6.45, 7) is 4.80. The quantitative estimate of drug-likeness (QED) is 0.427. The molecule has 202 valence electrons. The van der Waals surface area contributed by atoms with Gasteiger partial charge in [-0.05, 0) is 62.3 Å². The molecule has 1 aromatic carbocycles. The van der Waals surface area contributed by atoms with E-state index in [1.807, 2.05) is 23.0 Å². The van der Waals surface area contributed by atoms with Crippen LogP contribution in [-0.2, 0) is 11.0 Å². The van der Waals surface area contributed by atoms with Crippen LogP contribution in [-0.4, -0.2) is 59.9 Å². The molecule has 0 spiro atoms. The molecular formula is C26H33F3N4O2S2. The molecule has 2 aromatic rings. The molecule has 3 heterocycles. The van der Waals surface area contributed by atoms with Gasteiger partial charge in [-0.2, -0.15) is 24.9 Å². The van der Waals surface area contributed by atoms with E-state index < -0.39 is 17.6 Å². The first-order chi connectivity index (χ1) is 17.7. The summed E-state index contributed by atoms with van der Waals surface area (Å²) < 4.78 is 40.1. The standard InChI is InChI=1S/C26H33F3N4O2S2/c1-17(9-14-36-2)25(35)33-12-7-18(8-13-33)24-31-21(16-37-24)23(34)30-20-15-19(26(27,28)29)5-6-22(20)32-10-3-4-11-32/h5-6,15-18H,3-4,7-14H2,1-2H3,(H,30,34). The van der Waals surface area contributed by atoms with Crippen LogP contribution in [0.4, 0.5) is 24.5 Å². The molecule has 4 rings (SSSR count). The summed E-state index contributed by atoms with van der Waals surface area (Å²) in [5.74, 6) is 0.818. The Labute approximate surface area is 224 Å². The third-order valence-corrected chi connectivity index (χ3v) is 8.76. The van der Waals surface area contributed by atoms with Crippen molar-refractivity contribution in [2.75, 3.05) is 48.4 Å². The smallest absolute Gasteiger partial charge is 0.370 e. The number of amides is 2. The Balaban J connectivity index is 1.41. The molecule has 2 fully saturated rings. The summed E-state index contributed by atoms with van der Waals surface area (Å²) in [6.07, 6.45) is 1.90. The Hall–Kier alpha value is -2.27. The second kappa shape index (κ2) is 12.1. The number of carbonyl (C=O) groups excluding carboxylic acids is 2. The largest absolute Gasteiger partial charge is 0.416 e. The maximum atomic E-state index is 13.4. The van der Waals surface area contributed by atoms with Crippen LogP contribution >= 0.6 is 23.1 Å². The van der Waals surface area contributed by atoms with E-state index >= 15 is 0 Å². The van der Waals surface area contributed by atoms with Gasteiger partial charge in [0.1, 0.15) is 5.69 Å². The number of thiazole rings is 1. The van der Waals surface area contributed by atoms with Gasteiger partial charge in [-0.25, -0.2) is 4.98 Å². The minimum atomic E-state index is -4.50. The van der Waals surface area contributed by atoms with Crippen molar-refractivity contribution < 1.29 is 22.8 Å². The zero-order valence-corrected chi connectivity index (χ0v) is 22.8. The first-order valence-electron chi connectivity index (χ1n) is 12.7. The monoisotopic (exact) mass is 554 g/mol. The highest BCUT2D eigenvalue weighted by atomic mass is 32.2. The van der Waals surface area contributed by atoms with Crippen molar-refractivity contribution in [1.29, 1.82) is 0 Å². The molecule has 1 aromatic heterocycles. The second-order valence-electron chi connectivity index (χ2n) is 9.73. The third-order valence-electron chi connectivity index (χ3n) is 7.11. The molecule has 6 nitrogen and oxygen atoms in total. The average molecular weight is 555 g/mol. The van der Waals surface area contributed by atoms with E-state index in [0.29, 0.717) is 18.8 Å². The fraction of sp³-hybridized carbons (Fsp3) is 0.577. The van der Waals surface area contributed by atoms with Crippen LogP contribution in [0.5, 0.6) is 0 Å². The molecule has 2 saturated heterocycles. The summed E-state index contributed by atoms with van der Waals surface area (Å²) in [4.78, 5) is 34.2. The Morgan fingerprint density at radius 2 is 1.89 bits per heavy atom. The van der Waals surface area contributed by atoms with Crippen LogP contribution in [0.15, 0.2) is 23.6 Å². The van der Waals surface area contributed by atoms with Crippen LogP contribution in [0.1, 0.15) is 66.0 Å². The van der Waals surface area contributed by atoms with Gasteiger partial charge < -0.3 is 15.1 Å². The number of halogens is 3. The number of benzene rings is 1. The summed E-state index contributed by atoms with van der Waals surface area (Å²) in [5, 5.41) is 5.19. The summed E-state index contributed by atoms with van der Waals surface area (Å²) in [6, 6.07) is 3.50. The second-order valence-corrected chi connectivity index (χ2v) is 11.6. The van der Waals surface area contributed by atoms with Crippen molar-refractivity contribution in [1.82, 2.24) is 9.88 Å². The number of likely N-dealkylation sites (tertiary alicyclic amines) is 1. The zero-order valence-electron chi connectivity index (χ0n) is 21.1. The first-order valence-corrected chi connectivity index (χ1v) is 15.0. The number of thioether (sulfide) groups is 1. The number of rotatable bonds is 8. The molecule has 1 atom stereocenters. The van der Waals surface area contributed by atoms with Crippen molar-refractivity contribution in [2.45, 2.75) is 51.1 Å². The summed E-state index contributed by atoms with van der Waals surface area (Å²) in [7, 11) is 0. The van der Waals surface area contributed by atoms with Gasteiger partial charge in [-0.15, -0.1) is 11.3 Å². The molecule has 2 aliphatic heterocycles. The average Bonchev–Trinajstić information content (AvgIpc) is 3.59. The zero-order chi connectivity index (χ0) is 26.6. The van der Waals surface area contributed by atoms with E-state index in [-0.39, 0.29) is 29.1 Å². The number of aromatic nitrogens is 1. The normalized spacial score (nSPS) is 17.8. The molecule has 0 radical (unpaired) electrons. The first kappa shape index (κ1) is 27.8. The highest BCUT2D eigenvalue weighted by Gasteiger charge is 2.32. The summed E-state index contributed by atoms with van der Waals surface area (Å²) >= 11 is 3.13. The number of anilines is 2. The van der Waals surface area contributed by atoms with Crippen molar-refractivity contribution in [3.05, 3.63) is 39.8 Å². The fourth-order valence-electron chi connectivity index (χ4n) is 4.89.